The standard InChI is InChI=1S/C29H17N5/c1-31-24-11-8-20(9-12-24)29-33-25-13-10-22(15-28(25)34-29)21-6-7-23-16-26(32-27(23)14-21)19-4-2-18(17-30)3-5-19/h2-15H,16H2,(H,33,34). The number of benzene rings is 4. The Morgan fingerprint density at radius 2 is 1.53 bits per heavy atom. The molecule has 1 N–H and O–H groups in total. The lowest BCUT2D eigenvalue weighted by molar-refractivity contribution is 1.34. The Hall–Kier alpha value is -5.00. The molecular weight excluding hydrogens is 418 g/mol. The number of aliphatic imine (C=N–C) groups is 1. The van der Waals surface area contributed by atoms with Crippen LogP contribution in [0.3, 0.4) is 0 Å². The Labute approximate surface area is 196 Å². The van der Waals surface area contributed by atoms with Crippen LogP contribution in [-0.4, -0.2) is 15.7 Å². The molecule has 6 rings (SSSR count). The molecule has 0 radical (unpaired) electrons. The molecule has 158 valence electrons. The van der Waals surface area contributed by atoms with Gasteiger partial charge in [-0.15, -0.1) is 0 Å². The summed E-state index contributed by atoms with van der Waals surface area (Å²) in [5, 5.41) is 9.02. The fourth-order valence-electron chi connectivity index (χ4n) is 4.29. The van der Waals surface area contributed by atoms with Crippen LogP contribution in [-0.2, 0) is 6.42 Å². The van der Waals surface area contributed by atoms with Gasteiger partial charge < -0.3 is 4.98 Å². The number of imidazole rings is 1. The minimum Gasteiger partial charge on any atom is -0.338 e. The summed E-state index contributed by atoms with van der Waals surface area (Å²) in [4.78, 5) is 16.4. The third kappa shape index (κ3) is 3.43. The molecule has 1 aliphatic heterocycles. The van der Waals surface area contributed by atoms with Crippen LogP contribution in [0.5, 0.6) is 0 Å². The van der Waals surface area contributed by atoms with Gasteiger partial charge in [-0.05, 0) is 52.6 Å². The molecule has 1 aliphatic rings. The van der Waals surface area contributed by atoms with E-state index in [1.54, 1.807) is 12.1 Å². The van der Waals surface area contributed by atoms with Crippen LogP contribution in [0.15, 0.2) is 89.9 Å². The first-order valence-corrected chi connectivity index (χ1v) is 10.9. The third-order valence-electron chi connectivity index (χ3n) is 6.13. The van der Waals surface area contributed by atoms with Crippen molar-refractivity contribution in [2.75, 3.05) is 0 Å². The molecule has 1 aromatic heterocycles. The molecule has 5 aromatic rings. The maximum Gasteiger partial charge on any atom is 0.187 e. The molecule has 5 nitrogen and oxygen atoms in total. The highest BCUT2D eigenvalue weighted by atomic mass is 14.9. The number of nitriles is 1. The maximum absolute atomic E-state index is 9.02. The second kappa shape index (κ2) is 7.85. The Morgan fingerprint density at radius 1 is 0.824 bits per heavy atom. The molecule has 0 atom stereocenters. The van der Waals surface area contributed by atoms with E-state index in [0.717, 1.165) is 56.9 Å². The number of aromatic amines is 1. The Balaban J connectivity index is 1.32. The normalized spacial score (nSPS) is 12.1. The smallest absolute Gasteiger partial charge is 0.187 e. The molecule has 2 heterocycles. The molecule has 5 heteroatoms. The zero-order valence-electron chi connectivity index (χ0n) is 18.1. The van der Waals surface area contributed by atoms with E-state index in [9.17, 15) is 0 Å². The average molecular weight is 435 g/mol. The van der Waals surface area contributed by atoms with Crippen molar-refractivity contribution < 1.29 is 0 Å². The summed E-state index contributed by atoms with van der Waals surface area (Å²) >= 11 is 0. The number of rotatable bonds is 3. The lowest BCUT2D eigenvalue weighted by Crippen LogP contribution is -1.99. The fraction of sp³-hybridized carbons (Fsp3) is 0.0345. The lowest BCUT2D eigenvalue weighted by Gasteiger charge is -2.04. The van der Waals surface area contributed by atoms with Gasteiger partial charge in [-0.3, -0.25) is 4.99 Å². The first kappa shape index (κ1) is 19.7. The molecule has 0 saturated heterocycles. The molecule has 4 aromatic carbocycles. The number of hydrogen-bond donors (Lipinski definition) is 1. The zero-order chi connectivity index (χ0) is 23.1. The number of aromatic nitrogens is 2. The second-order valence-corrected chi connectivity index (χ2v) is 8.24. The van der Waals surface area contributed by atoms with E-state index >= 15 is 0 Å². The van der Waals surface area contributed by atoms with Gasteiger partial charge in [0.05, 0.1) is 40.6 Å². The zero-order valence-corrected chi connectivity index (χ0v) is 18.1. The lowest BCUT2D eigenvalue weighted by atomic mass is 10.00. The van der Waals surface area contributed by atoms with Crippen LogP contribution in [0.25, 0.3) is 38.4 Å². The van der Waals surface area contributed by atoms with Crippen LogP contribution in [0.2, 0.25) is 0 Å². The maximum atomic E-state index is 9.02. The number of nitrogens with zero attached hydrogens (tertiary/aromatic N) is 4. The van der Waals surface area contributed by atoms with Crippen LogP contribution >= 0.6 is 0 Å². The van der Waals surface area contributed by atoms with Crippen LogP contribution < -0.4 is 0 Å². The van der Waals surface area contributed by atoms with E-state index in [1.807, 2.05) is 42.5 Å². The summed E-state index contributed by atoms with van der Waals surface area (Å²) in [5.41, 5.74) is 10.5. The first-order valence-electron chi connectivity index (χ1n) is 10.9. The van der Waals surface area contributed by atoms with Gasteiger partial charge in [0.1, 0.15) is 5.82 Å². The number of fused-ring (bicyclic) bond motifs is 2. The Kier molecular flexibility index (Phi) is 4.54. The molecule has 0 unspecified atom stereocenters. The molecule has 0 amide bonds. The Morgan fingerprint density at radius 3 is 2.29 bits per heavy atom. The predicted octanol–water partition coefficient (Wildman–Crippen LogP) is 7.00. The van der Waals surface area contributed by atoms with Crippen molar-refractivity contribution in [2.45, 2.75) is 6.42 Å². The van der Waals surface area contributed by atoms with Gasteiger partial charge in [0.2, 0.25) is 0 Å². The highest BCUT2D eigenvalue weighted by Crippen LogP contribution is 2.34. The van der Waals surface area contributed by atoms with Crippen molar-refractivity contribution in [1.29, 1.82) is 5.26 Å². The fourth-order valence-corrected chi connectivity index (χ4v) is 4.29. The molecule has 0 spiro atoms. The summed E-state index contributed by atoms with van der Waals surface area (Å²) in [6, 6.07) is 29.8. The molecule has 0 fully saturated rings. The van der Waals surface area contributed by atoms with Crippen molar-refractivity contribution in [3.8, 4) is 28.6 Å². The van der Waals surface area contributed by atoms with Crippen LogP contribution in [0.1, 0.15) is 16.7 Å². The van der Waals surface area contributed by atoms with E-state index in [0.29, 0.717) is 11.3 Å². The summed E-state index contributed by atoms with van der Waals surface area (Å²) in [6.07, 6.45) is 0.788. The SMILES string of the molecule is [C-]#[N+]c1ccc(-c2nc3ccc(-c4ccc5c(c4)N=C(c4ccc(C#N)cc4)C5)cc3[nH]2)cc1. The van der Waals surface area contributed by atoms with E-state index < -0.39 is 0 Å². The van der Waals surface area contributed by atoms with Gasteiger partial charge >= 0.3 is 0 Å². The van der Waals surface area contributed by atoms with Crippen molar-refractivity contribution in [3.05, 3.63) is 113 Å². The third-order valence-corrected chi connectivity index (χ3v) is 6.13. The monoisotopic (exact) mass is 435 g/mol. The van der Waals surface area contributed by atoms with E-state index in [1.165, 1.54) is 5.56 Å². The highest BCUT2D eigenvalue weighted by molar-refractivity contribution is 6.06. The van der Waals surface area contributed by atoms with Crippen molar-refractivity contribution >= 4 is 28.1 Å². The first-order chi connectivity index (χ1) is 16.7. The molecular formula is C29H17N5. The molecule has 34 heavy (non-hydrogen) atoms. The molecule has 0 aliphatic carbocycles. The van der Waals surface area contributed by atoms with Crippen molar-refractivity contribution in [1.82, 2.24) is 9.97 Å². The number of H-pyrrole nitrogens is 1. The highest BCUT2D eigenvalue weighted by Gasteiger charge is 2.17. The summed E-state index contributed by atoms with van der Waals surface area (Å²) in [5.74, 6) is 0.786. The average Bonchev–Trinajstić information content (AvgIpc) is 3.52. The van der Waals surface area contributed by atoms with Crippen LogP contribution in [0.4, 0.5) is 11.4 Å². The topological polar surface area (TPSA) is 69.2 Å². The quantitative estimate of drug-likeness (QED) is 0.310. The molecule has 0 saturated carbocycles. The van der Waals surface area contributed by atoms with Gasteiger partial charge in [-0.1, -0.05) is 54.6 Å². The minimum atomic E-state index is 0.615. The number of hydrogen-bond acceptors (Lipinski definition) is 3. The Bertz CT molecular complexity index is 1670. The van der Waals surface area contributed by atoms with Gasteiger partial charge in [0.15, 0.2) is 5.69 Å². The van der Waals surface area contributed by atoms with Gasteiger partial charge in [0.25, 0.3) is 0 Å². The predicted molar refractivity (Wildman–Crippen MR) is 134 cm³/mol. The van der Waals surface area contributed by atoms with Gasteiger partial charge in [-0.2, -0.15) is 5.26 Å². The second-order valence-electron chi connectivity index (χ2n) is 8.24. The summed E-state index contributed by atoms with van der Waals surface area (Å²) in [7, 11) is 0. The summed E-state index contributed by atoms with van der Waals surface area (Å²) in [6.45, 7) is 7.11. The molecule has 0 bridgehead atoms. The van der Waals surface area contributed by atoms with Gasteiger partial charge in [0, 0.05) is 12.0 Å². The van der Waals surface area contributed by atoms with E-state index in [2.05, 4.69) is 46.2 Å². The van der Waals surface area contributed by atoms with Crippen LogP contribution in [0, 0.1) is 17.9 Å². The van der Waals surface area contributed by atoms with Crippen molar-refractivity contribution in [2.24, 2.45) is 4.99 Å². The number of nitrogens with one attached hydrogen (secondary N) is 1. The largest absolute Gasteiger partial charge is 0.338 e. The van der Waals surface area contributed by atoms with Crippen molar-refractivity contribution in [3.63, 3.8) is 0 Å². The van der Waals surface area contributed by atoms with E-state index in [-0.39, 0.29) is 0 Å². The van der Waals surface area contributed by atoms with E-state index in [4.69, 9.17) is 21.8 Å². The minimum absolute atomic E-state index is 0.615. The summed E-state index contributed by atoms with van der Waals surface area (Å²) < 4.78 is 0. The van der Waals surface area contributed by atoms with Gasteiger partial charge in [-0.25, -0.2) is 9.83 Å².